The Morgan fingerprint density at radius 1 is 1.15 bits per heavy atom. The number of aromatic nitrogens is 3. The third-order valence-electron chi connectivity index (χ3n) is 4.87. The molecule has 7 heteroatoms. The van der Waals surface area contributed by atoms with Crippen LogP contribution in [-0.4, -0.2) is 38.7 Å². The predicted molar refractivity (Wildman–Crippen MR) is 104 cm³/mol. The van der Waals surface area contributed by atoms with E-state index < -0.39 is 5.60 Å². The molecule has 140 valence electrons. The summed E-state index contributed by atoms with van der Waals surface area (Å²) < 4.78 is 1.80. The minimum Gasteiger partial charge on any atom is -0.386 e. The molecule has 3 heterocycles. The van der Waals surface area contributed by atoms with Gasteiger partial charge in [0, 0.05) is 30.8 Å². The maximum atomic E-state index is 12.6. The number of hydrogen-bond acceptors (Lipinski definition) is 5. The molecule has 2 N–H and O–H groups in total. The molecule has 0 saturated carbocycles. The summed E-state index contributed by atoms with van der Waals surface area (Å²) >= 11 is 0. The van der Waals surface area contributed by atoms with Crippen molar-refractivity contribution in [3.8, 4) is 0 Å². The van der Waals surface area contributed by atoms with Gasteiger partial charge in [-0.05, 0) is 44.4 Å². The Labute approximate surface area is 157 Å². The number of fused-ring (bicyclic) bond motifs is 1. The number of aliphatic hydroxyl groups is 1. The molecule has 1 aliphatic heterocycles. The van der Waals surface area contributed by atoms with Crippen molar-refractivity contribution in [1.29, 1.82) is 0 Å². The molecule has 0 radical (unpaired) electrons. The lowest BCUT2D eigenvalue weighted by Gasteiger charge is -2.19. The van der Waals surface area contributed by atoms with Crippen molar-refractivity contribution in [3.63, 3.8) is 0 Å². The Hall–Kier alpha value is -2.93. The zero-order chi connectivity index (χ0) is 19.0. The monoisotopic (exact) mass is 365 g/mol. The van der Waals surface area contributed by atoms with Gasteiger partial charge in [0.05, 0.1) is 11.8 Å². The normalized spacial score (nSPS) is 14.7. The van der Waals surface area contributed by atoms with E-state index in [-0.39, 0.29) is 5.91 Å². The molecule has 1 saturated heterocycles. The molecule has 3 aromatic rings. The van der Waals surface area contributed by atoms with Gasteiger partial charge in [-0.15, -0.1) is 0 Å². The van der Waals surface area contributed by atoms with Crippen molar-refractivity contribution >= 4 is 23.2 Å². The second kappa shape index (κ2) is 6.66. The van der Waals surface area contributed by atoms with E-state index in [1.165, 1.54) is 0 Å². The molecule has 1 fully saturated rings. The molecule has 0 unspecified atom stereocenters. The fraction of sp³-hybridized carbons (Fsp3) is 0.350. The smallest absolute Gasteiger partial charge is 0.256 e. The Balaban J connectivity index is 1.60. The first-order valence-corrected chi connectivity index (χ1v) is 9.16. The van der Waals surface area contributed by atoms with Gasteiger partial charge in [-0.2, -0.15) is 9.61 Å². The second-order valence-corrected chi connectivity index (χ2v) is 7.39. The quantitative estimate of drug-likeness (QED) is 0.743. The van der Waals surface area contributed by atoms with Gasteiger partial charge in [0.15, 0.2) is 5.65 Å². The molecule has 0 atom stereocenters. The highest BCUT2D eigenvalue weighted by atomic mass is 16.3. The van der Waals surface area contributed by atoms with E-state index in [0.717, 1.165) is 37.3 Å². The Kier molecular flexibility index (Phi) is 4.31. The van der Waals surface area contributed by atoms with Crippen molar-refractivity contribution < 1.29 is 9.90 Å². The van der Waals surface area contributed by atoms with E-state index >= 15 is 0 Å². The SMILES string of the molecule is CC(C)(O)c1ccc(C(=O)Nc2cc(N3CCCC3)n3nccc3n2)cc1. The Morgan fingerprint density at radius 2 is 1.85 bits per heavy atom. The molecule has 0 aliphatic carbocycles. The van der Waals surface area contributed by atoms with Crippen LogP contribution >= 0.6 is 0 Å². The molecule has 7 nitrogen and oxygen atoms in total. The van der Waals surface area contributed by atoms with E-state index in [9.17, 15) is 9.90 Å². The molecule has 0 bridgehead atoms. The summed E-state index contributed by atoms with van der Waals surface area (Å²) in [7, 11) is 0. The van der Waals surface area contributed by atoms with Gasteiger partial charge in [-0.1, -0.05) is 12.1 Å². The minimum absolute atomic E-state index is 0.235. The summed E-state index contributed by atoms with van der Waals surface area (Å²) in [6.07, 6.45) is 4.02. The van der Waals surface area contributed by atoms with Crippen LogP contribution in [0, 0.1) is 0 Å². The average molecular weight is 365 g/mol. The minimum atomic E-state index is -0.936. The molecule has 0 spiro atoms. The summed E-state index contributed by atoms with van der Waals surface area (Å²) in [6, 6.07) is 10.6. The zero-order valence-corrected chi connectivity index (χ0v) is 15.5. The summed E-state index contributed by atoms with van der Waals surface area (Å²) in [4.78, 5) is 19.4. The van der Waals surface area contributed by atoms with Gasteiger partial charge in [0.1, 0.15) is 11.6 Å². The lowest BCUT2D eigenvalue weighted by atomic mass is 9.97. The molecular formula is C20H23N5O2. The average Bonchev–Trinajstić information content (AvgIpc) is 3.32. The highest BCUT2D eigenvalue weighted by Gasteiger charge is 2.19. The van der Waals surface area contributed by atoms with E-state index in [4.69, 9.17) is 0 Å². The maximum absolute atomic E-state index is 12.6. The zero-order valence-electron chi connectivity index (χ0n) is 15.5. The van der Waals surface area contributed by atoms with Crippen LogP contribution in [0.1, 0.15) is 42.6 Å². The largest absolute Gasteiger partial charge is 0.386 e. The van der Waals surface area contributed by atoms with Crippen LogP contribution in [0.4, 0.5) is 11.6 Å². The van der Waals surface area contributed by atoms with E-state index in [0.29, 0.717) is 17.0 Å². The van der Waals surface area contributed by atoms with Gasteiger partial charge in [-0.3, -0.25) is 4.79 Å². The van der Waals surface area contributed by atoms with Crippen LogP contribution in [0.2, 0.25) is 0 Å². The third kappa shape index (κ3) is 3.50. The standard InChI is InChI=1S/C20H23N5O2/c1-20(2,27)15-7-5-14(6-8-15)19(26)23-16-13-18(24-11-3-4-12-24)25-17(22-16)9-10-21-25/h5-10,13,27H,3-4,11-12H2,1-2H3,(H,22,23,26). The van der Waals surface area contributed by atoms with Crippen LogP contribution in [-0.2, 0) is 5.60 Å². The van der Waals surface area contributed by atoms with Gasteiger partial charge in [0.2, 0.25) is 0 Å². The Morgan fingerprint density at radius 3 is 2.52 bits per heavy atom. The number of carbonyl (C=O) groups is 1. The van der Waals surface area contributed by atoms with Crippen LogP contribution in [0.25, 0.3) is 5.65 Å². The fourth-order valence-electron chi connectivity index (χ4n) is 3.35. The van der Waals surface area contributed by atoms with Gasteiger partial charge < -0.3 is 15.3 Å². The molecule has 2 aromatic heterocycles. The van der Waals surface area contributed by atoms with Crippen LogP contribution < -0.4 is 10.2 Å². The lowest BCUT2D eigenvalue weighted by Crippen LogP contribution is -2.22. The van der Waals surface area contributed by atoms with Gasteiger partial charge in [0.25, 0.3) is 5.91 Å². The molecule has 27 heavy (non-hydrogen) atoms. The fourth-order valence-corrected chi connectivity index (χ4v) is 3.35. The number of nitrogens with zero attached hydrogens (tertiary/aromatic N) is 4. The number of carbonyl (C=O) groups excluding carboxylic acids is 1. The van der Waals surface area contributed by atoms with Crippen LogP contribution in [0.5, 0.6) is 0 Å². The topological polar surface area (TPSA) is 82.8 Å². The van der Waals surface area contributed by atoms with Gasteiger partial charge in [-0.25, -0.2) is 4.98 Å². The number of amides is 1. The molecular weight excluding hydrogens is 342 g/mol. The van der Waals surface area contributed by atoms with Crippen LogP contribution in [0.3, 0.4) is 0 Å². The highest BCUT2D eigenvalue weighted by Crippen LogP contribution is 2.24. The van der Waals surface area contributed by atoms with Crippen LogP contribution in [0.15, 0.2) is 42.6 Å². The van der Waals surface area contributed by atoms with Crippen molar-refractivity contribution in [2.75, 3.05) is 23.3 Å². The summed E-state index contributed by atoms with van der Waals surface area (Å²) in [5.41, 5.74) is 1.04. The second-order valence-electron chi connectivity index (χ2n) is 7.39. The number of hydrogen-bond donors (Lipinski definition) is 2. The first-order chi connectivity index (χ1) is 12.9. The summed E-state index contributed by atoms with van der Waals surface area (Å²) in [6.45, 7) is 5.38. The molecule has 1 amide bonds. The lowest BCUT2D eigenvalue weighted by molar-refractivity contribution is 0.0785. The Bertz CT molecular complexity index is 966. The first kappa shape index (κ1) is 17.5. The summed E-state index contributed by atoms with van der Waals surface area (Å²) in [5.74, 6) is 1.21. The van der Waals surface area contributed by atoms with Crippen molar-refractivity contribution in [1.82, 2.24) is 14.6 Å². The number of nitrogens with one attached hydrogen (secondary N) is 1. The third-order valence-corrected chi connectivity index (χ3v) is 4.87. The predicted octanol–water partition coefficient (Wildman–Crippen LogP) is 2.81. The van der Waals surface area contributed by atoms with E-state index in [1.54, 1.807) is 48.8 Å². The number of benzene rings is 1. The van der Waals surface area contributed by atoms with E-state index in [1.807, 2.05) is 12.1 Å². The van der Waals surface area contributed by atoms with Gasteiger partial charge >= 0.3 is 0 Å². The molecule has 4 rings (SSSR count). The summed E-state index contributed by atoms with van der Waals surface area (Å²) in [5, 5.41) is 17.3. The highest BCUT2D eigenvalue weighted by molar-refractivity contribution is 6.04. The first-order valence-electron chi connectivity index (χ1n) is 9.16. The van der Waals surface area contributed by atoms with Crippen molar-refractivity contribution in [3.05, 3.63) is 53.7 Å². The molecule has 1 aliphatic rings. The van der Waals surface area contributed by atoms with E-state index in [2.05, 4.69) is 20.3 Å². The number of anilines is 2. The number of rotatable bonds is 4. The maximum Gasteiger partial charge on any atom is 0.256 e. The van der Waals surface area contributed by atoms with Crippen molar-refractivity contribution in [2.24, 2.45) is 0 Å². The van der Waals surface area contributed by atoms with Crippen molar-refractivity contribution in [2.45, 2.75) is 32.3 Å². The molecule has 1 aromatic carbocycles.